The second kappa shape index (κ2) is 6.24. The molecule has 1 fully saturated rings. The van der Waals surface area contributed by atoms with Crippen LogP contribution in [0.1, 0.15) is 54.4 Å². The first-order valence-electron chi connectivity index (χ1n) is 7.52. The van der Waals surface area contributed by atoms with Gasteiger partial charge in [-0.3, -0.25) is 4.79 Å². The van der Waals surface area contributed by atoms with Gasteiger partial charge in [0.25, 0.3) is 0 Å². The van der Waals surface area contributed by atoms with Gasteiger partial charge in [0, 0.05) is 6.54 Å². The number of methoxy groups -OCH3 is 1. The van der Waals surface area contributed by atoms with Gasteiger partial charge in [0.05, 0.1) is 19.6 Å². The first kappa shape index (κ1) is 17.8. The third-order valence-corrected chi connectivity index (χ3v) is 3.88. The average molecular weight is 299 g/mol. The summed E-state index contributed by atoms with van der Waals surface area (Å²) in [6.07, 6.45) is 0.819. The number of carbonyl (C=O) groups is 2. The molecular weight excluding hydrogens is 270 g/mol. The summed E-state index contributed by atoms with van der Waals surface area (Å²) in [5, 5.41) is 0. The van der Waals surface area contributed by atoms with Gasteiger partial charge in [0.15, 0.2) is 0 Å². The molecule has 0 bridgehead atoms. The molecule has 0 radical (unpaired) electrons. The van der Waals surface area contributed by atoms with Gasteiger partial charge in [-0.05, 0) is 38.5 Å². The van der Waals surface area contributed by atoms with Gasteiger partial charge in [-0.25, -0.2) is 4.79 Å². The monoisotopic (exact) mass is 299 g/mol. The van der Waals surface area contributed by atoms with Crippen LogP contribution in [0.3, 0.4) is 0 Å². The van der Waals surface area contributed by atoms with Crippen LogP contribution in [0.25, 0.3) is 0 Å². The van der Waals surface area contributed by atoms with Crippen molar-refractivity contribution >= 4 is 12.1 Å². The fourth-order valence-corrected chi connectivity index (χ4v) is 3.13. The molecule has 5 nitrogen and oxygen atoms in total. The topological polar surface area (TPSA) is 55.8 Å². The number of carbonyl (C=O) groups excluding carboxylic acids is 2. The van der Waals surface area contributed by atoms with Crippen molar-refractivity contribution in [2.45, 2.75) is 66.0 Å². The molecule has 0 aromatic carbocycles. The lowest BCUT2D eigenvalue weighted by atomic mass is 9.72. The SMILES string of the molecule is COC(=O)CC1N(C(=O)OC(C)(C)C)CC(C)CC1(C)C. The predicted molar refractivity (Wildman–Crippen MR) is 80.9 cm³/mol. The zero-order valence-corrected chi connectivity index (χ0v) is 14.4. The van der Waals surface area contributed by atoms with E-state index in [9.17, 15) is 9.59 Å². The van der Waals surface area contributed by atoms with E-state index in [2.05, 4.69) is 20.8 Å². The van der Waals surface area contributed by atoms with Crippen molar-refractivity contribution in [2.24, 2.45) is 11.3 Å². The zero-order valence-electron chi connectivity index (χ0n) is 14.4. The van der Waals surface area contributed by atoms with Crippen LogP contribution in [-0.4, -0.2) is 42.3 Å². The number of nitrogens with zero attached hydrogens (tertiary/aromatic N) is 1. The minimum Gasteiger partial charge on any atom is -0.469 e. The van der Waals surface area contributed by atoms with Crippen LogP contribution in [0.15, 0.2) is 0 Å². The van der Waals surface area contributed by atoms with E-state index in [0.29, 0.717) is 12.5 Å². The van der Waals surface area contributed by atoms with E-state index in [4.69, 9.17) is 9.47 Å². The second-order valence-electron chi connectivity index (χ2n) is 7.73. The lowest BCUT2D eigenvalue weighted by Gasteiger charge is -2.48. The molecule has 2 atom stereocenters. The molecular formula is C16H29NO4. The largest absolute Gasteiger partial charge is 0.469 e. The molecule has 0 aromatic rings. The molecule has 1 saturated heterocycles. The molecule has 1 rings (SSSR count). The maximum Gasteiger partial charge on any atom is 0.410 e. The third-order valence-electron chi connectivity index (χ3n) is 3.88. The van der Waals surface area contributed by atoms with Gasteiger partial charge in [-0.1, -0.05) is 20.8 Å². The summed E-state index contributed by atoms with van der Waals surface area (Å²) in [5.74, 6) is 0.0811. The van der Waals surface area contributed by atoms with Gasteiger partial charge >= 0.3 is 12.1 Å². The molecule has 1 heterocycles. The van der Waals surface area contributed by atoms with Crippen LogP contribution in [0.2, 0.25) is 0 Å². The van der Waals surface area contributed by atoms with Crippen molar-refractivity contribution in [1.29, 1.82) is 0 Å². The minimum atomic E-state index is -0.544. The Morgan fingerprint density at radius 1 is 1.29 bits per heavy atom. The van der Waals surface area contributed by atoms with Crippen LogP contribution in [-0.2, 0) is 14.3 Å². The van der Waals surface area contributed by atoms with Crippen LogP contribution >= 0.6 is 0 Å². The standard InChI is InChI=1S/C16H29NO4/c1-11-9-16(5,6)12(8-13(18)20-7)17(10-11)14(19)21-15(2,3)4/h11-12H,8-10H2,1-7H3. The summed E-state index contributed by atoms with van der Waals surface area (Å²) < 4.78 is 10.3. The Labute approximate surface area is 128 Å². The molecule has 0 saturated carbocycles. The smallest absolute Gasteiger partial charge is 0.410 e. The average Bonchev–Trinajstić information content (AvgIpc) is 2.28. The lowest BCUT2D eigenvalue weighted by molar-refractivity contribution is -0.144. The van der Waals surface area contributed by atoms with Crippen molar-refractivity contribution in [2.75, 3.05) is 13.7 Å². The Morgan fingerprint density at radius 3 is 2.33 bits per heavy atom. The molecule has 0 N–H and O–H groups in total. The van der Waals surface area contributed by atoms with E-state index in [0.717, 1.165) is 6.42 Å². The normalized spacial score (nSPS) is 25.4. The number of likely N-dealkylation sites (tertiary alicyclic amines) is 1. The highest BCUT2D eigenvalue weighted by atomic mass is 16.6. The number of esters is 1. The summed E-state index contributed by atoms with van der Waals surface area (Å²) in [6.45, 7) is 12.4. The minimum absolute atomic E-state index is 0.150. The van der Waals surface area contributed by atoms with E-state index in [-0.39, 0.29) is 29.9 Å². The first-order chi connectivity index (χ1) is 9.46. The van der Waals surface area contributed by atoms with Crippen molar-refractivity contribution in [1.82, 2.24) is 4.90 Å². The van der Waals surface area contributed by atoms with Crippen LogP contribution in [0, 0.1) is 11.3 Å². The number of ether oxygens (including phenoxy) is 2. The molecule has 21 heavy (non-hydrogen) atoms. The third kappa shape index (κ3) is 4.90. The molecule has 1 aliphatic rings. The van der Waals surface area contributed by atoms with Gasteiger partial charge in [0.1, 0.15) is 5.60 Å². The van der Waals surface area contributed by atoms with Gasteiger partial charge < -0.3 is 14.4 Å². The number of hydrogen-bond acceptors (Lipinski definition) is 4. The van der Waals surface area contributed by atoms with Crippen molar-refractivity contribution in [3.63, 3.8) is 0 Å². The Kier molecular flexibility index (Phi) is 5.29. The number of amides is 1. The van der Waals surface area contributed by atoms with Crippen molar-refractivity contribution in [3.05, 3.63) is 0 Å². The summed E-state index contributed by atoms with van der Waals surface area (Å²) in [5.41, 5.74) is -0.694. The van der Waals surface area contributed by atoms with E-state index in [1.165, 1.54) is 7.11 Å². The number of piperidine rings is 1. The predicted octanol–water partition coefficient (Wildman–Crippen LogP) is 3.22. The molecule has 122 valence electrons. The molecule has 0 spiro atoms. The maximum atomic E-state index is 12.5. The highest BCUT2D eigenvalue weighted by Gasteiger charge is 2.44. The lowest BCUT2D eigenvalue weighted by Crippen LogP contribution is -2.56. The zero-order chi connectivity index (χ0) is 16.4. The van der Waals surface area contributed by atoms with E-state index < -0.39 is 5.60 Å². The molecule has 1 amide bonds. The highest BCUT2D eigenvalue weighted by Crippen LogP contribution is 2.40. The van der Waals surface area contributed by atoms with E-state index in [1.54, 1.807) is 4.90 Å². The van der Waals surface area contributed by atoms with Crippen molar-refractivity contribution < 1.29 is 19.1 Å². The van der Waals surface area contributed by atoms with E-state index >= 15 is 0 Å². The number of hydrogen-bond donors (Lipinski definition) is 0. The second-order valence-corrected chi connectivity index (χ2v) is 7.73. The first-order valence-corrected chi connectivity index (χ1v) is 7.52. The summed E-state index contributed by atoms with van der Waals surface area (Å²) in [4.78, 5) is 25.9. The van der Waals surface area contributed by atoms with Crippen LogP contribution in [0.5, 0.6) is 0 Å². The quantitative estimate of drug-likeness (QED) is 0.735. The highest BCUT2D eigenvalue weighted by molar-refractivity contribution is 5.73. The molecule has 2 unspecified atom stereocenters. The maximum absolute atomic E-state index is 12.5. The Balaban J connectivity index is 2.98. The molecule has 0 aliphatic carbocycles. The van der Waals surface area contributed by atoms with Gasteiger partial charge in [0.2, 0.25) is 0 Å². The van der Waals surface area contributed by atoms with E-state index in [1.807, 2.05) is 20.8 Å². The Morgan fingerprint density at radius 2 is 1.86 bits per heavy atom. The van der Waals surface area contributed by atoms with Gasteiger partial charge in [-0.15, -0.1) is 0 Å². The van der Waals surface area contributed by atoms with Crippen LogP contribution in [0.4, 0.5) is 4.79 Å². The Hall–Kier alpha value is -1.26. The Bertz CT molecular complexity index is 398. The summed E-state index contributed by atoms with van der Waals surface area (Å²) >= 11 is 0. The number of rotatable bonds is 2. The van der Waals surface area contributed by atoms with Gasteiger partial charge in [-0.2, -0.15) is 0 Å². The fraction of sp³-hybridized carbons (Fsp3) is 0.875. The summed E-state index contributed by atoms with van der Waals surface area (Å²) in [6, 6.07) is -0.198. The summed E-state index contributed by atoms with van der Waals surface area (Å²) in [7, 11) is 1.37. The fourth-order valence-electron chi connectivity index (χ4n) is 3.13. The molecule has 1 aliphatic heterocycles. The van der Waals surface area contributed by atoms with Crippen molar-refractivity contribution in [3.8, 4) is 0 Å². The molecule has 5 heteroatoms. The molecule has 0 aromatic heterocycles. The van der Waals surface area contributed by atoms with Crippen LogP contribution < -0.4 is 0 Å².